The Bertz CT molecular complexity index is 1310. The molecule has 36 heavy (non-hydrogen) atoms. The van der Waals surface area contributed by atoms with Gasteiger partial charge in [-0.05, 0) is 57.0 Å². The number of nitrogens with zero attached hydrogens (tertiary/aromatic N) is 4. The Hall–Kier alpha value is -3.59. The topological polar surface area (TPSA) is 87.4 Å². The van der Waals surface area contributed by atoms with Crippen LogP contribution in [0, 0.1) is 11.8 Å². The number of nitrogens with two attached hydrogens (primary N) is 1. The van der Waals surface area contributed by atoms with Crippen LogP contribution in [0.2, 0.25) is 0 Å². The zero-order valence-corrected chi connectivity index (χ0v) is 20.7. The van der Waals surface area contributed by atoms with Crippen LogP contribution >= 0.6 is 0 Å². The van der Waals surface area contributed by atoms with Gasteiger partial charge in [-0.1, -0.05) is 12.1 Å². The van der Waals surface area contributed by atoms with Gasteiger partial charge in [-0.2, -0.15) is 9.37 Å². The van der Waals surface area contributed by atoms with Crippen LogP contribution in [-0.2, 0) is 6.42 Å². The molecule has 1 fully saturated rings. The van der Waals surface area contributed by atoms with Crippen LogP contribution < -0.4 is 16.0 Å². The average Bonchev–Trinajstić information content (AvgIpc) is 2.85. The second kappa shape index (κ2) is 9.46. The molecule has 0 unspecified atom stereocenters. The molecule has 7 nitrogen and oxygen atoms in total. The molecule has 2 aliphatic heterocycles. The molecule has 1 amide bonds. The third-order valence-corrected chi connectivity index (χ3v) is 7.11. The van der Waals surface area contributed by atoms with E-state index in [-0.39, 0.29) is 34.2 Å². The largest absolute Gasteiger partial charge is 0.382 e. The highest BCUT2D eigenvalue weighted by Crippen LogP contribution is 2.33. The van der Waals surface area contributed by atoms with E-state index in [1.54, 1.807) is 18.2 Å². The SMILES string of the molecule is CC(C)N1CCN(c2ccc(-c3nc(-c4cc5c(cc4F)C(=O)NCC5)c(N)nc3F)cc2)[C@H](C)C1. The maximum absolute atomic E-state index is 15.0. The number of piperazine rings is 1. The molecule has 3 heterocycles. The van der Waals surface area contributed by atoms with Crippen LogP contribution in [0.1, 0.15) is 36.7 Å². The summed E-state index contributed by atoms with van der Waals surface area (Å²) in [6.07, 6.45) is 0.557. The number of nitrogen functional groups attached to an aromatic ring is 1. The number of anilines is 2. The van der Waals surface area contributed by atoms with E-state index in [4.69, 9.17) is 5.73 Å². The van der Waals surface area contributed by atoms with Crippen LogP contribution in [0.4, 0.5) is 20.3 Å². The van der Waals surface area contributed by atoms with Gasteiger partial charge < -0.3 is 16.0 Å². The molecule has 5 rings (SSSR count). The van der Waals surface area contributed by atoms with Crippen molar-refractivity contribution in [1.29, 1.82) is 0 Å². The Labute approximate surface area is 209 Å². The first-order valence-electron chi connectivity index (χ1n) is 12.3. The first-order chi connectivity index (χ1) is 17.2. The second-order valence-electron chi connectivity index (χ2n) is 9.77. The van der Waals surface area contributed by atoms with Crippen molar-refractivity contribution in [3.63, 3.8) is 0 Å². The first-order valence-corrected chi connectivity index (χ1v) is 12.3. The van der Waals surface area contributed by atoms with Crippen LogP contribution in [0.25, 0.3) is 22.5 Å². The van der Waals surface area contributed by atoms with E-state index in [1.807, 2.05) is 12.1 Å². The zero-order valence-electron chi connectivity index (χ0n) is 20.7. The molecule has 1 atom stereocenters. The fourth-order valence-electron chi connectivity index (χ4n) is 5.08. The maximum atomic E-state index is 15.0. The number of nitrogens with one attached hydrogen (secondary N) is 1. The summed E-state index contributed by atoms with van der Waals surface area (Å²) in [6.45, 7) is 9.96. The van der Waals surface area contributed by atoms with Gasteiger partial charge in [0.15, 0.2) is 5.82 Å². The second-order valence-corrected chi connectivity index (χ2v) is 9.77. The number of hydrogen-bond donors (Lipinski definition) is 2. The molecule has 2 aliphatic rings. The van der Waals surface area contributed by atoms with Crippen LogP contribution in [0.3, 0.4) is 0 Å². The van der Waals surface area contributed by atoms with Crippen molar-refractivity contribution in [2.75, 3.05) is 36.8 Å². The highest BCUT2D eigenvalue weighted by Gasteiger charge is 2.26. The summed E-state index contributed by atoms with van der Waals surface area (Å²) in [4.78, 5) is 25.1. The minimum Gasteiger partial charge on any atom is -0.382 e. The highest BCUT2D eigenvalue weighted by molar-refractivity contribution is 5.97. The lowest BCUT2D eigenvalue weighted by Gasteiger charge is -2.43. The summed E-state index contributed by atoms with van der Waals surface area (Å²) >= 11 is 0. The van der Waals surface area contributed by atoms with Crippen LogP contribution in [0.5, 0.6) is 0 Å². The van der Waals surface area contributed by atoms with Gasteiger partial charge in [-0.3, -0.25) is 9.69 Å². The van der Waals surface area contributed by atoms with Gasteiger partial charge in [-0.25, -0.2) is 9.37 Å². The van der Waals surface area contributed by atoms with Gasteiger partial charge >= 0.3 is 0 Å². The third kappa shape index (κ3) is 4.39. The number of aromatic nitrogens is 2. The maximum Gasteiger partial charge on any atom is 0.251 e. The summed E-state index contributed by atoms with van der Waals surface area (Å²) in [7, 11) is 0. The highest BCUT2D eigenvalue weighted by atomic mass is 19.1. The van der Waals surface area contributed by atoms with Gasteiger partial charge in [0.2, 0.25) is 5.95 Å². The Morgan fingerprint density at radius 3 is 2.50 bits per heavy atom. The van der Waals surface area contributed by atoms with Crippen molar-refractivity contribution in [1.82, 2.24) is 20.2 Å². The summed E-state index contributed by atoms with van der Waals surface area (Å²) in [5, 5.41) is 2.70. The lowest BCUT2D eigenvalue weighted by molar-refractivity contribution is 0.0945. The van der Waals surface area contributed by atoms with Gasteiger partial charge in [0, 0.05) is 60.6 Å². The average molecular weight is 493 g/mol. The van der Waals surface area contributed by atoms with Crippen LogP contribution in [0.15, 0.2) is 36.4 Å². The lowest BCUT2D eigenvalue weighted by Crippen LogP contribution is -2.53. The van der Waals surface area contributed by atoms with Gasteiger partial charge in [-0.15, -0.1) is 0 Å². The summed E-state index contributed by atoms with van der Waals surface area (Å²) < 4.78 is 29.9. The monoisotopic (exact) mass is 492 g/mol. The van der Waals surface area contributed by atoms with E-state index in [1.165, 1.54) is 6.07 Å². The molecule has 0 aliphatic carbocycles. The summed E-state index contributed by atoms with van der Waals surface area (Å²) in [5.74, 6) is -2.00. The van der Waals surface area contributed by atoms with E-state index >= 15 is 4.39 Å². The molecule has 0 radical (unpaired) electrons. The van der Waals surface area contributed by atoms with Crippen molar-refractivity contribution in [2.45, 2.75) is 39.3 Å². The molecule has 1 aromatic heterocycles. The number of rotatable bonds is 4. The quantitative estimate of drug-likeness (QED) is 0.575. The number of fused-ring (bicyclic) bond motifs is 1. The van der Waals surface area contributed by atoms with E-state index in [0.717, 1.165) is 25.3 Å². The smallest absolute Gasteiger partial charge is 0.251 e. The lowest BCUT2D eigenvalue weighted by atomic mass is 9.96. The van der Waals surface area contributed by atoms with Crippen molar-refractivity contribution < 1.29 is 13.6 Å². The molecular formula is C27H30F2N6O. The predicted octanol–water partition coefficient (Wildman–Crippen LogP) is 3.88. The fraction of sp³-hybridized carbons (Fsp3) is 0.370. The minimum atomic E-state index is -0.819. The molecule has 0 spiro atoms. The van der Waals surface area contributed by atoms with Crippen molar-refractivity contribution in [2.24, 2.45) is 0 Å². The number of benzene rings is 2. The third-order valence-electron chi connectivity index (χ3n) is 7.11. The predicted molar refractivity (Wildman–Crippen MR) is 137 cm³/mol. The molecule has 3 N–H and O–H groups in total. The van der Waals surface area contributed by atoms with E-state index in [9.17, 15) is 9.18 Å². The fourth-order valence-corrected chi connectivity index (χ4v) is 5.08. The normalized spacial score (nSPS) is 18.3. The molecule has 3 aromatic rings. The minimum absolute atomic E-state index is 0.00158. The number of halogens is 2. The number of carbonyl (C=O) groups is 1. The van der Waals surface area contributed by atoms with Gasteiger partial charge in [0.25, 0.3) is 5.91 Å². The molecule has 1 saturated heterocycles. The Morgan fingerprint density at radius 2 is 1.81 bits per heavy atom. The standard InChI is InChI=1S/C27H30F2N6O/c1-15(2)34-10-11-35(16(3)14-34)19-6-4-17(5-7-19)23-25(29)33-26(30)24(32-23)21-12-18-8-9-31-27(36)20(18)13-22(21)28/h4-7,12-13,15-16H,8-11,14H2,1-3H3,(H2,30,33)(H,31,36)/t16-/m1/s1. The molecule has 9 heteroatoms. The van der Waals surface area contributed by atoms with E-state index < -0.39 is 11.8 Å². The molecule has 0 saturated carbocycles. The number of amides is 1. The van der Waals surface area contributed by atoms with Gasteiger partial charge in [0.1, 0.15) is 17.2 Å². The summed E-state index contributed by atoms with van der Waals surface area (Å²) in [5.41, 5.74) is 8.68. The van der Waals surface area contributed by atoms with Gasteiger partial charge in [0.05, 0.1) is 0 Å². The van der Waals surface area contributed by atoms with Crippen molar-refractivity contribution in [3.8, 4) is 22.5 Å². The number of carbonyl (C=O) groups excluding carboxylic acids is 1. The Kier molecular flexibility index (Phi) is 6.34. The van der Waals surface area contributed by atoms with E-state index in [0.29, 0.717) is 36.2 Å². The van der Waals surface area contributed by atoms with Crippen molar-refractivity contribution >= 4 is 17.4 Å². The van der Waals surface area contributed by atoms with Crippen LogP contribution in [-0.4, -0.2) is 59.0 Å². The number of hydrogen-bond acceptors (Lipinski definition) is 6. The molecular weight excluding hydrogens is 462 g/mol. The Morgan fingerprint density at radius 1 is 1.06 bits per heavy atom. The zero-order chi connectivity index (χ0) is 25.6. The first kappa shape index (κ1) is 24.1. The molecule has 2 aromatic carbocycles. The Balaban J connectivity index is 1.46. The van der Waals surface area contributed by atoms with Crippen molar-refractivity contribution in [3.05, 3.63) is 59.3 Å². The molecule has 0 bridgehead atoms. The van der Waals surface area contributed by atoms with E-state index in [2.05, 4.69) is 45.9 Å². The molecule has 188 valence electrons. The summed E-state index contributed by atoms with van der Waals surface area (Å²) in [6, 6.07) is 11.1.